The van der Waals surface area contributed by atoms with E-state index in [1.807, 2.05) is 22.6 Å². The quantitative estimate of drug-likeness (QED) is 0.433. The van der Waals surface area contributed by atoms with Gasteiger partial charge in [-0.15, -0.1) is 0 Å². The molecular formula is C24H27F3INO2. The van der Waals surface area contributed by atoms with Crippen molar-refractivity contribution in [2.24, 2.45) is 5.92 Å². The maximum atomic E-state index is 14.6. The second-order valence-corrected chi connectivity index (χ2v) is 9.65. The monoisotopic (exact) mass is 545 g/mol. The van der Waals surface area contributed by atoms with E-state index >= 15 is 0 Å². The van der Waals surface area contributed by atoms with E-state index in [4.69, 9.17) is 0 Å². The molecule has 1 amide bonds. The highest BCUT2D eigenvalue weighted by Crippen LogP contribution is 2.32. The normalized spacial score (nSPS) is 15.3. The average molecular weight is 545 g/mol. The number of rotatable bonds is 8. The van der Waals surface area contributed by atoms with Crippen molar-refractivity contribution in [3.8, 4) is 0 Å². The molecule has 0 saturated carbocycles. The molecule has 0 bridgehead atoms. The minimum Gasteiger partial charge on any atom is -0.386 e. The van der Waals surface area contributed by atoms with Gasteiger partial charge in [-0.25, -0.2) is 13.2 Å². The second kappa shape index (κ2) is 9.90. The summed E-state index contributed by atoms with van der Waals surface area (Å²) in [6.07, 6.45) is 3.33. The lowest BCUT2D eigenvalue weighted by Crippen LogP contribution is -2.63. The highest BCUT2D eigenvalue weighted by molar-refractivity contribution is 14.1. The molecule has 3 nitrogen and oxygen atoms in total. The van der Waals surface area contributed by atoms with Crippen LogP contribution in [0.3, 0.4) is 0 Å². The first kappa shape index (κ1) is 24.0. The lowest BCUT2D eigenvalue weighted by Gasteiger charge is -2.47. The fraction of sp³-hybridized carbons (Fsp3) is 0.458. The van der Waals surface area contributed by atoms with Gasteiger partial charge in [0, 0.05) is 21.1 Å². The summed E-state index contributed by atoms with van der Waals surface area (Å²) in [5, 5.41) is 10.7. The van der Waals surface area contributed by atoms with Crippen LogP contribution in [0, 0.1) is 26.9 Å². The number of hydrogen-bond acceptors (Lipinski definition) is 2. The minimum absolute atomic E-state index is 0.00103. The van der Waals surface area contributed by atoms with Gasteiger partial charge in [-0.3, -0.25) is 4.79 Å². The molecule has 2 aromatic carbocycles. The number of hydrogen-bond donors (Lipinski definition) is 1. The SMILES string of the molecule is CCC(CC)CCC1(O)CN(C(=O)c2ccc(F)c(F)c2Cc2ccc(I)cc2F)C1. The number of likely N-dealkylation sites (tertiary alicyclic amines) is 1. The smallest absolute Gasteiger partial charge is 0.254 e. The van der Waals surface area contributed by atoms with Crippen LogP contribution in [0.2, 0.25) is 0 Å². The van der Waals surface area contributed by atoms with Gasteiger partial charge in [-0.1, -0.05) is 32.8 Å². The maximum absolute atomic E-state index is 14.6. The summed E-state index contributed by atoms with van der Waals surface area (Å²) < 4.78 is 43.5. The van der Waals surface area contributed by atoms with Gasteiger partial charge >= 0.3 is 0 Å². The fourth-order valence-electron chi connectivity index (χ4n) is 4.13. The molecule has 0 unspecified atom stereocenters. The minimum atomic E-state index is -1.15. The Kier molecular flexibility index (Phi) is 7.68. The zero-order valence-electron chi connectivity index (χ0n) is 17.7. The predicted molar refractivity (Wildman–Crippen MR) is 122 cm³/mol. The highest BCUT2D eigenvalue weighted by Gasteiger charge is 2.44. The second-order valence-electron chi connectivity index (χ2n) is 8.41. The third kappa shape index (κ3) is 5.42. The van der Waals surface area contributed by atoms with Crippen molar-refractivity contribution in [2.45, 2.75) is 51.6 Å². The number of carbonyl (C=O) groups is 1. The van der Waals surface area contributed by atoms with Gasteiger partial charge in [0.15, 0.2) is 11.6 Å². The van der Waals surface area contributed by atoms with Gasteiger partial charge in [0.05, 0.1) is 18.7 Å². The summed E-state index contributed by atoms with van der Waals surface area (Å²) >= 11 is 1.96. The van der Waals surface area contributed by atoms with E-state index < -0.39 is 29.0 Å². The Bertz CT molecular complexity index is 956. The number of benzene rings is 2. The van der Waals surface area contributed by atoms with Crippen molar-refractivity contribution in [3.05, 3.63) is 68.0 Å². The number of carbonyl (C=O) groups excluding carboxylic acids is 1. The van der Waals surface area contributed by atoms with Crippen molar-refractivity contribution in [1.82, 2.24) is 4.90 Å². The topological polar surface area (TPSA) is 40.5 Å². The molecule has 1 aliphatic rings. The molecule has 2 aromatic rings. The molecule has 168 valence electrons. The van der Waals surface area contributed by atoms with Gasteiger partial charge in [0.2, 0.25) is 0 Å². The zero-order chi connectivity index (χ0) is 22.8. The lowest BCUT2D eigenvalue weighted by molar-refractivity contribution is -0.0888. The Hall–Kier alpha value is -1.61. The van der Waals surface area contributed by atoms with E-state index in [9.17, 15) is 23.1 Å². The van der Waals surface area contributed by atoms with E-state index in [-0.39, 0.29) is 36.2 Å². The van der Waals surface area contributed by atoms with Crippen LogP contribution in [0.4, 0.5) is 13.2 Å². The average Bonchev–Trinajstić information content (AvgIpc) is 2.71. The van der Waals surface area contributed by atoms with Crippen molar-refractivity contribution in [3.63, 3.8) is 0 Å². The Morgan fingerprint density at radius 1 is 1.13 bits per heavy atom. The van der Waals surface area contributed by atoms with Crippen LogP contribution in [0.1, 0.15) is 61.0 Å². The number of β-amino-alcohol motifs (C(OH)–C–C–N with tert-alkyl or cyclic N) is 1. The van der Waals surface area contributed by atoms with Gasteiger partial charge in [-0.2, -0.15) is 0 Å². The first-order chi connectivity index (χ1) is 14.7. The van der Waals surface area contributed by atoms with Gasteiger partial charge in [-0.05, 0) is 71.2 Å². The summed E-state index contributed by atoms with van der Waals surface area (Å²) in [6.45, 7) is 4.55. The molecule has 0 radical (unpaired) electrons. The third-order valence-corrected chi connectivity index (χ3v) is 6.91. The molecule has 0 aromatic heterocycles. The summed E-state index contributed by atoms with van der Waals surface area (Å²) in [4.78, 5) is 14.4. The molecule has 3 rings (SSSR count). The summed E-state index contributed by atoms with van der Waals surface area (Å²) in [6, 6.07) is 6.64. The molecule has 1 saturated heterocycles. The number of amides is 1. The predicted octanol–water partition coefficient (Wildman–Crippen LogP) is 5.70. The van der Waals surface area contributed by atoms with Gasteiger partial charge in [0.1, 0.15) is 5.82 Å². The third-order valence-electron chi connectivity index (χ3n) is 6.24. The Labute approximate surface area is 194 Å². The largest absolute Gasteiger partial charge is 0.386 e. The first-order valence-electron chi connectivity index (χ1n) is 10.6. The molecule has 1 heterocycles. The van der Waals surface area contributed by atoms with E-state index in [2.05, 4.69) is 13.8 Å². The molecule has 0 spiro atoms. The molecule has 7 heteroatoms. The molecule has 1 aliphatic heterocycles. The highest BCUT2D eigenvalue weighted by atomic mass is 127. The molecule has 1 N–H and O–H groups in total. The molecule has 0 atom stereocenters. The summed E-state index contributed by atoms with van der Waals surface area (Å²) in [5.74, 6) is -2.70. The standard InChI is InChI=1S/C24H27F3INO2/c1-3-15(4-2)9-10-24(31)13-29(14-24)23(30)18-7-8-20(25)22(27)19(18)11-16-5-6-17(28)12-21(16)26/h5-8,12,15,31H,3-4,9-11,13-14H2,1-2H3. The van der Waals surface area contributed by atoms with Crippen LogP contribution in [0.15, 0.2) is 30.3 Å². The van der Waals surface area contributed by atoms with E-state index in [1.165, 1.54) is 23.1 Å². The lowest BCUT2D eigenvalue weighted by atomic mass is 9.84. The number of halogens is 4. The molecule has 1 fully saturated rings. The van der Waals surface area contributed by atoms with Crippen LogP contribution in [0.5, 0.6) is 0 Å². The number of aliphatic hydroxyl groups is 1. The zero-order valence-corrected chi connectivity index (χ0v) is 19.9. The fourth-order valence-corrected chi connectivity index (χ4v) is 4.58. The maximum Gasteiger partial charge on any atom is 0.254 e. The molecular weight excluding hydrogens is 518 g/mol. The van der Waals surface area contributed by atoms with Gasteiger partial charge < -0.3 is 10.0 Å². The first-order valence-corrected chi connectivity index (χ1v) is 11.7. The molecule has 0 aliphatic carbocycles. The summed E-state index contributed by atoms with van der Waals surface area (Å²) in [5.41, 5.74) is -0.931. The van der Waals surface area contributed by atoms with Crippen molar-refractivity contribution < 1.29 is 23.1 Å². The van der Waals surface area contributed by atoms with Crippen LogP contribution in [-0.4, -0.2) is 34.6 Å². The molecule has 31 heavy (non-hydrogen) atoms. The van der Waals surface area contributed by atoms with Crippen LogP contribution >= 0.6 is 22.6 Å². The van der Waals surface area contributed by atoms with Crippen LogP contribution in [-0.2, 0) is 6.42 Å². The van der Waals surface area contributed by atoms with E-state index in [0.717, 1.165) is 25.3 Å². The summed E-state index contributed by atoms with van der Waals surface area (Å²) in [7, 11) is 0. The van der Waals surface area contributed by atoms with Crippen LogP contribution < -0.4 is 0 Å². The van der Waals surface area contributed by atoms with E-state index in [1.54, 1.807) is 6.07 Å². The van der Waals surface area contributed by atoms with Crippen LogP contribution in [0.25, 0.3) is 0 Å². The Balaban J connectivity index is 1.77. The van der Waals surface area contributed by atoms with Crippen molar-refractivity contribution >= 4 is 28.5 Å². The Morgan fingerprint density at radius 3 is 2.42 bits per heavy atom. The number of nitrogens with zero attached hydrogens (tertiary/aromatic N) is 1. The van der Waals surface area contributed by atoms with Crippen molar-refractivity contribution in [1.29, 1.82) is 0 Å². The Morgan fingerprint density at radius 2 is 1.81 bits per heavy atom. The van der Waals surface area contributed by atoms with Crippen molar-refractivity contribution in [2.75, 3.05) is 13.1 Å². The van der Waals surface area contributed by atoms with E-state index in [0.29, 0.717) is 15.9 Å². The van der Waals surface area contributed by atoms with Gasteiger partial charge in [0.25, 0.3) is 5.91 Å².